The fraction of sp³-hybridized carbons (Fsp3) is 0.250. The van der Waals surface area contributed by atoms with Crippen LogP contribution in [0.5, 0.6) is 11.8 Å². The van der Waals surface area contributed by atoms with Crippen LogP contribution in [-0.2, 0) is 0 Å². The summed E-state index contributed by atoms with van der Waals surface area (Å²) in [6.07, 6.45) is 0. The molecule has 1 heterocycles. The van der Waals surface area contributed by atoms with E-state index in [1.54, 1.807) is 7.11 Å². The van der Waals surface area contributed by atoms with E-state index in [1.165, 1.54) is 0 Å². The van der Waals surface area contributed by atoms with Gasteiger partial charge in [-0.2, -0.15) is 15.0 Å². The molecule has 9 heteroatoms. The lowest BCUT2D eigenvalue weighted by Crippen LogP contribution is -2.13. The van der Waals surface area contributed by atoms with Crippen molar-refractivity contribution in [1.29, 1.82) is 0 Å². The van der Waals surface area contributed by atoms with E-state index in [-0.39, 0.29) is 12.0 Å². The Hall–Kier alpha value is -2.13. The molecular weight excluding hydrogens is 340 g/mol. The van der Waals surface area contributed by atoms with Gasteiger partial charge in [0.1, 0.15) is 5.75 Å². The van der Waals surface area contributed by atoms with Crippen molar-refractivity contribution in [2.45, 2.75) is 6.92 Å². The normalized spacial score (nSPS) is 10.1. The van der Waals surface area contributed by atoms with Crippen molar-refractivity contribution in [3.63, 3.8) is 0 Å². The number of nitrogens with two attached hydrogens (primary N) is 1. The summed E-state index contributed by atoms with van der Waals surface area (Å²) >= 11 is 3.40. The van der Waals surface area contributed by atoms with E-state index < -0.39 is 0 Å². The SMILES string of the molecule is CCOc1nc(NN)nc(Nc2cc(Br)cc(OC)c2)n1. The molecule has 0 unspecified atom stereocenters. The third kappa shape index (κ3) is 4.17. The molecule has 21 heavy (non-hydrogen) atoms. The molecule has 2 rings (SSSR count). The molecule has 4 N–H and O–H groups in total. The third-order valence-corrected chi connectivity index (χ3v) is 2.84. The van der Waals surface area contributed by atoms with E-state index in [1.807, 2.05) is 25.1 Å². The van der Waals surface area contributed by atoms with Crippen LogP contribution >= 0.6 is 15.9 Å². The molecule has 0 aliphatic rings. The molecule has 0 atom stereocenters. The molecule has 0 amide bonds. The van der Waals surface area contributed by atoms with Crippen molar-refractivity contribution < 1.29 is 9.47 Å². The number of hydrogen-bond acceptors (Lipinski definition) is 8. The first kappa shape index (κ1) is 15.3. The third-order valence-electron chi connectivity index (χ3n) is 2.38. The minimum Gasteiger partial charge on any atom is -0.497 e. The highest BCUT2D eigenvalue weighted by Gasteiger charge is 2.08. The molecule has 0 saturated heterocycles. The Balaban J connectivity index is 2.29. The lowest BCUT2D eigenvalue weighted by molar-refractivity contribution is 0.312. The van der Waals surface area contributed by atoms with Gasteiger partial charge in [0.15, 0.2) is 0 Å². The average molecular weight is 355 g/mol. The van der Waals surface area contributed by atoms with Crippen LogP contribution < -0.4 is 26.1 Å². The molecule has 8 nitrogen and oxygen atoms in total. The van der Waals surface area contributed by atoms with Gasteiger partial charge in [-0.25, -0.2) is 5.84 Å². The summed E-state index contributed by atoms with van der Waals surface area (Å²) in [6, 6.07) is 5.70. The van der Waals surface area contributed by atoms with Crippen LogP contribution in [0.2, 0.25) is 0 Å². The standard InChI is InChI=1S/C12H15BrN6O2/c1-3-21-12-17-10(16-11(18-12)19-14)15-8-4-7(13)5-9(6-8)20-2/h4-6H,3,14H2,1-2H3,(H2,15,16,17,18,19). The smallest absolute Gasteiger partial charge is 0.323 e. The van der Waals surface area contributed by atoms with Crippen LogP contribution in [0, 0.1) is 0 Å². The number of anilines is 3. The molecule has 112 valence electrons. The van der Waals surface area contributed by atoms with E-state index in [4.69, 9.17) is 15.3 Å². The number of rotatable bonds is 6. The monoisotopic (exact) mass is 354 g/mol. The molecule has 0 saturated carbocycles. The summed E-state index contributed by atoms with van der Waals surface area (Å²) in [5.74, 6) is 6.54. The first-order chi connectivity index (χ1) is 10.1. The van der Waals surface area contributed by atoms with Crippen molar-refractivity contribution >= 4 is 33.5 Å². The van der Waals surface area contributed by atoms with Gasteiger partial charge < -0.3 is 14.8 Å². The maximum absolute atomic E-state index is 5.33. The second-order valence-corrected chi connectivity index (χ2v) is 4.76. The Kier molecular flexibility index (Phi) is 5.12. The first-order valence-corrected chi connectivity index (χ1v) is 6.91. The van der Waals surface area contributed by atoms with Crippen LogP contribution in [0.4, 0.5) is 17.6 Å². The molecule has 1 aromatic heterocycles. The van der Waals surface area contributed by atoms with Gasteiger partial charge in [0.25, 0.3) is 0 Å². The number of nitrogen functional groups attached to an aromatic ring is 1. The Labute approximate surface area is 130 Å². The van der Waals surface area contributed by atoms with Crippen molar-refractivity contribution in [2.24, 2.45) is 5.84 Å². The largest absolute Gasteiger partial charge is 0.497 e. The number of methoxy groups -OCH3 is 1. The molecular formula is C12H15BrN6O2. The van der Waals surface area contributed by atoms with Gasteiger partial charge in [-0.15, -0.1) is 0 Å². The molecule has 0 aliphatic carbocycles. The highest BCUT2D eigenvalue weighted by Crippen LogP contribution is 2.26. The van der Waals surface area contributed by atoms with E-state index in [9.17, 15) is 0 Å². The number of nitrogens with zero attached hydrogens (tertiary/aromatic N) is 3. The van der Waals surface area contributed by atoms with Gasteiger partial charge in [-0.3, -0.25) is 5.43 Å². The van der Waals surface area contributed by atoms with Crippen molar-refractivity contribution in [3.8, 4) is 11.8 Å². The zero-order valence-corrected chi connectivity index (χ0v) is 13.1. The van der Waals surface area contributed by atoms with Crippen molar-refractivity contribution in [3.05, 3.63) is 22.7 Å². The molecule has 1 aromatic carbocycles. The number of halogens is 1. The van der Waals surface area contributed by atoms with Gasteiger partial charge in [0.2, 0.25) is 11.9 Å². The second-order valence-electron chi connectivity index (χ2n) is 3.85. The van der Waals surface area contributed by atoms with Crippen LogP contribution in [0.1, 0.15) is 6.92 Å². The zero-order valence-electron chi connectivity index (χ0n) is 11.6. The van der Waals surface area contributed by atoms with Gasteiger partial charge in [0.05, 0.1) is 13.7 Å². The number of hydrazine groups is 1. The summed E-state index contributed by atoms with van der Waals surface area (Å²) in [5.41, 5.74) is 3.12. The number of nitrogens with one attached hydrogen (secondary N) is 2. The second kappa shape index (κ2) is 7.04. The van der Waals surface area contributed by atoms with Gasteiger partial charge >= 0.3 is 6.01 Å². The highest BCUT2D eigenvalue weighted by atomic mass is 79.9. The van der Waals surface area contributed by atoms with Crippen molar-refractivity contribution in [2.75, 3.05) is 24.5 Å². The molecule has 0 spiro atoms. The zero-order chi connectivity index (χ0) is 15.2. The quantitative estimate of drug-likeness (QED) is 0.534. The lowest BCUT2D eigenvalue weighted by atomic mass is 10.3. The summed E-state index contributed by atoms with van der Waals surface area (Å²) in [7, 11) is 1.60. The fourth-order valence-electron chi connectivity index (χ4n) is 1.55. The predicted octanol–water partition coefficient (Wildman–Crippen LogP) is 2.07. The maximum Gasteiger partial charge on any atom is 0.323 e. The summed E-state index contributed by atoms with van der Waals surface area (Å²) in [5, 5.41) is 3.05. The van der Waals surface area contributed by atoms with E-state index in [0.29, 0.717) is 18.3 Å². The van der Waals surface area contributed by atoms with Crippen molar-refractivity contribution in [1.82, 2.24) is 15.0 Å². The van der Waals surface area contributed by atoms with E-state index in [2.05, 4.69) is 41.6 Å². The topological polar surface area (TPSA) is 107 Å². The summed E-state index contributed by atoms with van der Waals surface area (Å²) in [6.45, 7) is 2.28. The maximum atomic E-state index is 5.33. The number of aromatic nitrogens is 3. The number of hydrogen-bond donors (Lipinski definition) is 3. The first-order valence-electron chi connectivity index (χ1n) is 6.11. The fourth-order valence-corrected chi connectivity index (χ4v) is 2.02. The predicted molar refractivity (Wildman–Crippen MR) is 82.8 cm³/mol. The van der Waals surface area contributed by atoms with Gasteiger partial charge in [-0.1, -0.05) is 15.9 Å². The van der Waals surface area contributed by atoms with E-state index in [0.717, 1.165) is 10.2 Å². The Morgan fingerprint density at radius 2 is 1.95 bits per heavy atom. The highest BCUT2D eigenvalue weighted by molar-refractivity contribution is 9.10. The molecule has 2 aromatic rings. The average Bonchev–Trinajstić information content (AvgIpc) is 2.46. The minimum atomic E-state index is 0.185. The lowest BCUT2D eigenvalue weighted by Gasteiger charge is -2.10. The Morgan fingerprint density at radius 3 is 2.62 bits per heavy atom. The molecule has 0 bridgehead atoms. The minimum absolute atomic E-state index is 0.185. The van der Waals surface area contributed by atoms with Crippen LogP contribution in [0.25, 0.3) is 0 Å². The molecule has 0 radical (unpaired) electrons. The van der Waals surface area contributed by atoms with Crippen LogP contribution in [0.3, 0.4) is 0 Å². The number of ether oxygens (including phenoxy) is 2. The van der Waals surface area contributed by atoms with Crippen LogP contribution in [-0.4, -0.2) is 28.7 Å². The molecule has 0 aliphatic heterocycles. The van der Waals surface area contributed by atoms with Gasteiger partial charge in [0, 0.05) is 16.2 Å². The summed E-state index contributed by atoms with van der Waals surface area (Å²) < 4.78 is 11.3. The Bertz CT molecular complexity index is 625. The van der Waals surface area contributed by atoms with Gasteiger partial charge in [-0.05, 0) is 19.1 Å². The van der Waals surface area contributed by atoms with Crippen LogP contribution in [0.15, 0.2) is 22.7 Å². The molecule has 0 fully saturated rings. The Morgan fingerprint density at radius 1 is 1.19 bits per heavy atom. The van der Waals surface area contributed by atoms with E-state index >= 15 is 0 Å². The number of benzene rings is 1. The summed E-state index contributed by atoms with van der Waals surface area (Å²) in [4.78, 5) is 12.2.